The first-order valence-electron chi connectivity index (χ1n) is 5.65. The van der Waals surface area contributed by atoms with Gasteiger partial charge in [0.15, 0.2) is 0 Å². The lowest BCUT2D eigenvalue weighted by Gasteiger charge is -2.03. The van der Waals surface area contributed by atoms with E-state index in [1.54, 1.807) is 24.3 Å². The van der Waals surface area contributed by atoms with Gasteiger partial charge in [0.05, 0.1) is 6.07 Å². The summed E-state index contributed by atoms with van der Waals surface area (Å²) < 4.78 is 5.61. The topological polar surface area (TPSA) is 105 Å². The van der Waals surface area contributed by atoms with E-state index < -0.39 is 23.0 Å². The van der Waals surface area contributed by atoms with Crippen molar-refractivity contribution in [3.8, 4) is 5.88 Å². The van der Waals surface area contributed by atoms with E-state index in [1.165, 1.54) is 6.07 Å². The molecular formula is C13H8N2O5. The first-order chi connectivity index (χ1) is 9.56. The first kappa shape index (κ1) is 12.0. The molecule has 2 heterocycles. The molecular weight excluding hydrogens is 264 g/mol. The third kappa shape index (κ3) is 1.81. The highest BCUT2D eigenvalue weighted by Crippen LogP contribution is 2.14. The zero-order valence-electron chi connectivity index (χ0n) is 9.99. The van der Waals surface area contributed by atoms with Crippen molar-refractivity contribution in [2.24, 2.45) is 0 Å². The Balaban J connectivity index is 2.21. The number of benzene rings is 1. The van der Waals surface area contributed by atoms with Gasteiger partial charge in [0.1, 0.15) is 11.1 Å². The van der Waals surface area contributed by atoms with Gasteiger partial charge < -0.3 is 9.52 Å². The summed E-state index contributed by atoms with van der Waals surface area (Å²) in [6.45, 7) is 0. The van der Waals surface area contributed by atoms with Crippen molar-refractivity contribution in [1.29, 1.82) is 0 Å². The lowest BCUT2D eigenvalue weighted by atomic mass is 10.2. The molecule has 0 saturated heterocycles. The summed E-state index contributed by atoms with van der Waals surface area (Å²) >= 11 is 0. The minimum atomic E-state index is -0.871. The Morgan fingerprint density at radius 3 is 2.65 bits per heavy atom. The van der Waals surface area contributed by atoms with Gasteiger partial charge in [0, 0.05) is 5.39 Å². The summed E-state index contributed by atoms with van der Waals surface area (Å²) in [5, 5.41) is 12.1. The van der Waals surface area contributed by atoms with Gasteiger partial charge >= 0.3 is 5.63 Å². The number of carbonyl (C=O) groups is 1. The second-order valence-corrected chi connectivity index (χ2v) is 4.10. The van der Waals surface area contributed by atoms with Crippen molar-refractivity contribution in [1.82, 2.24) is 9.78 Å². The molecule has 0 saturated carbocycles. The van der Waals surface area contributed by atoms with E-state index in [1.807, 2.05) is 0 Å². The molecule has 3 aromatic rings. The lowest BCUT2D eigenvalue weighted by Crippen LogP contribution is -2.22. The Kier molecular flexibility index (Phi) is 2.53. The molecule has 0 unspecified atom stereocenters. The average molecular weight is 272 g/mol. The van der Waals surface area contributed by atoms with Crippen LogP contribution in [0.3, 0.4) is 0 Å². The molecule has 0 spiro atoms. The summed E-state index contributed by atoms with van der Waals surface area (Å²) in [6, 6.07) is 8.88. The number of nitrogens with one attached hydrogen (secondary N) is 1. The van der Waals surface area contributed by atoms with Gasteiger partial charge in [-0.3, -0.25) is 14.7 Å². The van der Waals surface area contributed by atoms with E-state index in [2.05, 4.69) is 5.10 Å². The number of H-pyrrole nitrogens is 1. The maximum atomic E-state index is 12.1. The zero-order valence-corrected chi connectivity index (χ0v) is 9.99. The van der Waals surface area contributed by atoms with Crippen LogP contribution in [0, 0.1) is 0 Å². The SMILES string of the molecule is O=C(c1cc2ccccc2oc1=O)n1[nH]c(=O)cc1O. The highest BCUT2D eigenvalue weighted by atomic mass is 16.4. The van der Waals surface area contributed by atoms with Gasteiger partial charge in [-0.05, 0) is 12.1 Å². The predicted octanol–water partition coefficient (Wildman–Crippen LogP) is 0.677. The summed E-state index contributed by atoms with van der Waals surface area (Å²) in [5.74, 6) is -1.45. The van der Waals surface area contributed by atoms with Gasteiger partial charge in [0.25, 0.3) is 11.5 Å². The molecule has 0 amide bonds. The normalized spacial score (nSPS) is 10.8. The minimum Gasteiger partial charge on any atom is -0.493 e. The second-order valence-electron chi connectivity index (χ2n) is 4.10. The minimum absolute atomic E-state index is 0.286. The maximum Gasteiger partial charge on any atom is 0.349 e. The Hall–Kier alpha value is -3.09. The predicted molar refractivity (Wildman–Crippen MR) is 68.9 cm³/mol. The van der Waals surface area contributed by atoms with Crippen LogP contribution in [0.1, 0.15) is 10.4 Å². The number of hydrogen-bond acceptors (Lipinski definition) is 5. The molecule has 0 bridgehead atoms. The molecule has 1 aromatic carbocycles. The van der Waals surface area contributed by atoms with Crippen molar-refractivity contribution in [3.05, 3.63) is 62.7 Å². The number of rotatable bonds is 1. The number of aromatic nitrogens is 2. The fourth-order valence-electron chi connectivity index (χ4n) is 1.87. The summed E-state index contributed by atoms with van der Waals surface area (Å²) in [4.78, 5) is 35.0. The van der Waals surface area contributed by atoms with E-state index in [4.69, 9.17) is 4.42 Å². The molecule has 0 aliphatic carbocycles. The monoisotopic (exact) mass is 272 g/mol. The van der Waals surface area contributed by atoms with Crippen molar-refractivity contribution in [2.45, 2.75) is 0 Å². The third-order valence-electron chi connectivity index (χ3n) is 2.79. The molecule has 0 atom stereocenters. The quantitative estimate of drug-likeness (QED) is 0.633. The van der Waals surface area contributed by atoms with Crippen LogP contribution in [0.15, 0.2) is 50.4 Å². The lowest BCUT2D eigenvalue weighted by molar-refractivity contribution is 0.0931. The molecule has 2 aromatic heterocycles. The average Bonchev–Trinajstić information content (AvgIpc) is 2.76. The fraction of sp³-hybridized carbons (Fsp3) is 0. The number of hydrogen-bond donors (Lipinski definition) is 2. The van der Waals surface area contributed by atoms with Crippen LogP contribution in [0.5, 0.6) is 5.88 Å². The number of para-hydroxylation sites is 1. The van der Waals surface area contributed by atoms with E-state index in [9.17, 15) is 19.5 Å². The van der Waals surface area contributed by atoms with Gasteiger partial charge in [-0.15, -0.1) is 0 Å². The summed E-state index contributed by atoms with van der Waals surface area (Å²) in [5.41, 5.74) is -1.44. The Labute approximate surface area is 110 Å². The smallest absolute Gasteiger partial charge is 0.349 e. The molecule has 7 nitrogen and oxygen atoms in total. The van der Waals surface area contributed by atoms with Crippen LogP contribution < -0.4 is 11.2 Å². The van der Waals surface area contributed by atoms with Crippen LogP contribution in [-0.2, 0) is 0 Å². The van der Waals surface area contributed by atoms with Crippen molar-refractivity contribution in [2.75, 3.05) is 0 Å². The fourth-order valence-corrected chi connectivity index (χ4v) is 1.87. The third-order valence-corrected chi connectivity index (χ3v) is 2.79. The van der Waals surface area contributed by atoms with Crippen LogP contribution in [0.25, 0.3) is 11.0 Å². The van der Waals surface area contributed by atoms with Gasteiger partial charge in [-0.2, -0.15) is 4.68 Å². The molecule has 0 fully saturated rings. The van der Waals surface area contributed by atoms with Crippen LogP contribution in [-0.4, -0.2) is 20.8 Å². The van der Waals surface area contributed by atoms with Crippen molar-refractivity contribution in [3.63, 3.8) is 0 Å². The van der Waals surface area contributed by atoms with Crippen LogP contribution in [0.2, 0.25) is 0 Å². The molecule has 7 heteroatoms. The van der Waals surface area contributed by atoms with Crippen molar-refractivity contribution < 1.29 is 14.3 Å². The Bertz CT molecular complexity index is 932. The second kappa shape index (κ2) is 4.23. The van der Waals surface area contributed by atoms with E-state index in [0.717, 1.165) is 6.07 Å². The van der Waals surface area contributed by atoms with E-state index in [-0.39, 0.29) is 5.56 Å². The summed E-state index contributed by atoms with van der Waals surface area (Å²) in [6.07, 6.45) is 0. The van der Waals surface area contributed by atoms with E-state index in [0.29, 0.717) is 15.7 Å². The summed E-state index contributed by atoms with van der Waals surface area (Å²) in [7, 11) is 0. The Morgan fingerprint density at radius 1 is 1.20 bits per heavy atom. The molecule has 2 N–H and O–H groups in total. The van der Waals surface area contributed by atoms with E-state index >= 15 is 0 Å². The number of aromatic hydroxyl groups is 1. The van der Waals surface area contributed by atoms with Crippen LogP contribution in [0.4, 0.5) is 0 Å². The highest BCUT2D eigenvalue weighted by molar-refractivity contribution is 5.98. The number of aromatic amines is 1. The first-order valence-corrected chi connectivity index (χ1v) is 5.65. The largest absolute Gasteiger partial charge is 0.493 e. The molecule has 20 heavy (non-hydrogen) atoms. The van der Waals surface area contributed by atoms with Crippen LogP contribution >= 0.6 is 0 Å². The zero-order chi connectivity index (χ0) is 14.3. The van der Waals surface area contributed by atoms with Gasteiger partial charge in [0.2, 0.25) is 5.88 Å². The molecule has 100 valence electrons. The number of nitrogens with zero attached hydrogens (tertiary/aromatic N) is 1. The number of fused-ring (bicyclic) bond motifs is 1. The molecule has 3 rings (SSSR count). The number of carbonyl (C=O) groups excluding carboxylic acids is 1. The molecule has 0 aliphatic rings. The molecule has 0 radical (unpaired) electrons. The highest BCUT2D eigenvalue weighted by Gasteiger charge is 2.18. The Morgan fingerprint density at radius 2 is 1.95 bits per heavy atom. The standard InChI is InChI=1S/C13H8N2O5/c16-10-6-11(17)15(14-10)12(18)8-5-7-3-1-2-4-9(7)20-13(8)19/h1-6,17H,(H,14,16). The van der Waals surface area contributed by atoms with Gasteiger partial charge in [-0.1, -0.05) is 18.2 Å². The maximum absolute atomic E-state index is 12.1. The molecule has 0 aliphatic heterocycles. The van der Waals surface area contributed by atoms with Gasteiger partial charge in [-0.25, -0.2) is 4.79 Å². The van der Waals surface area contributed by atoms with Crippen molar-refractivity contribution >= 4 is 16.9 Å².